The predicted octanol–water partition coefficient (Wildman–Crippen LogP) is 1.81. The first kappa shape index (κ1) is 11.5. The molecule has 1 fully saturated rings. The molecule has 0 amide bonds. The van der Waals surface area contributed by atoms with Crippen LogP contribution in [0, 0.1) is 0 Å². The lowest BCUT2D eigenvalue weighted by Gasteiger charge is -2.34. The minimum Gasteiger partial charge on any atom is -0.466 e. The zero-order valence-corrected chi connectivity index (χ0v) is 9.29. The van der Waals surface area contributed by atoms with E-state index in [0.717, 1.165) is 19.5 Å². The molecule has 0 spiro atoms. The number of hydrogen-bond donors (Lipinski definition) is 0. The van der Waals surface area contributed by atoms with Gasteiger partial charge in [-0.1, -0.05) is 13.3 Å². The minimum absolute atomic E-state index is 0.0437. The summed E-state index contributed by atoms with van der Waals surface area (Å²) in [6.45, 7) is 6.70. The highest BCUT2D eigenvalue weighted by Gasteiger charge is 2.23. The number of esters is 1. The van der Waals surface area contributed by atoms with Crippen molar-refractivity contribution in [2.75, 3.05) is 19.7 Å². The van der Waals surface area contributed by atoms with Crippen molar-refractivity contribution in [1.29, 1.82) is 0 Å². The lowest BCUT2D eigenvalue weighted by atomic mass is 9.99. The van der Waals surface area contributed by atoms with Gasteiger partial charge in [-0.05, 0) is 32.9 Å². The maximum atomic E-state index is 11.3. The van der Waals surface area contributed by atoms with Crippen molar-refractivity contribution >= 4 is 5.97 Å². The Morgan fingerprint density at radius 3 is 2.86 bits per heavy atom. The van der Waals surface area contributed by atoms with Crippen molar-refractivity contribution in [3.05, 3.63) is 0 Å². The van der Waals surface area contributed by atoms with Crippen molar-refractivity contribution in [3.8, 4) is 0 Å². The summed E-state index contributed by atoms with van der Waals surface area (Å²) in [5.74, 6) is -0.0437. The first-order chi connectivity index (χ1) is 6.77. The Morgan fingerprint density at radius 1 is 1.43 bits per heavy atom. The molecule has 1 aliphatic heterocycles. The minimum atomic E-state index is -0.0437. The maximum absolute atomic E-state index is 11.3. The maximum Gasteiger partial charge on any atom is 0.307 e. The van der Waals surface area contributed by atoms with E-state index in [4.69, 9.17) is 4.74 Å². The zero-order valence-electron chi connectivity index (χ0n) is 9.29. The van der Waals surface area contributed by atoms with Gasteiger partial charge in [-0.2, -0.15) is 0 Å². The van der Waals surface area contributed by atoms with Gasteiger partial charge < -0.3 is 9.64 Å². The molecule has 1 rings (SSSR count). The van der Waals surface area contributed by atoms with Crippen molar-refractivity contribution in [2.24, 2.45) is 0 Å². The molecule has 1 unspecified atom stereocenters. The van der Waals surface area contributed by atoms with E-state index in [-0.39, 0.29) is 5.97 Å². The van der Waals surface area contributed by atoms with Crippen molar-refractivity contribution in [2.45, 2.75) is 45.6 Å². The van der Waals surface area contributed by atoms with Crippen LogP contribution in [-0.4, -0.2) is 36.6 Å². The molecule has 3 nitrogen and oxygen atoms in total. The normalized spacial score (nSPS) is 23.4. The van der Waals surface area contributed by atoms with Crippen molar-refractivity contribution in [3.63, 3.8) is 0 Å². The Hall–Kier alpha value is -0.570. The fourth-order valence-corrected chi connectivity index (χ4v) is 2.12. The number of likely N-dealkylation sites (tertiary alicyclic amines) is 1. The molecule has 0 N–H and O–H groups in total. The molecule has 0 aromatic rings. The fourth-order valence-electron chi connectivity index (χ4n) is 2.12. The van der Waals surface area contributed by atoms with Gasteiger partial charge in [0.25, 0.3) is 0 Å². The van der Waals surface area contributed by atoms with E-state index < -0.39 is 0 Å². The third-order valence-corrected chi connectivity index (χ3v) is 2.86. The SMILES string of the molecule is CCOC(=O)CC1CCCCN1CC. The van der Waals surface area contributed by atoms with Gasteiger partial charge in [0.1, 0.15) is 0 Å². The highest BCUT2D eigenvalue weighted by Crippen LogP contribution is 2.19. The fraction of sp³-hybridized carbons (Fsp3) is 0.909. The number of ether oxygens (including phenoxy) is 1. The van der Waals surface area contributed by atoms with E-state index in [1.807, 2.05) is 6.92 Å². The van der Waals surface area contributed by atoms with E-state index in [9.17, 15) is 4.79 Å². The Balaban J connectivity index is 2.36. The first-order valence-corrected chi connectivity index (χ1v) is 5.67. The third-order valence-electron chi connectivity index (χ3n) is 2.86. The van der Waals surface area contributed by atoms with E-state index in [1.165, 1.54) is 12.8 Å². The highest BCUT2D eigenvalue weighted by atomic mass is 16.5. The summed E-state index contributed by atoms with van der Waals surface area (Å²) in [6.07, 6.45) is 4.24. The van der Waals surface area contributed by atoms with Crippen LogP contribution in [0.15, 0.2) is 0 Å². The van der Waals surface area contributed by atoms with Gasteiger partial charge in [0.15, 0.2) is 0 Å². The van der Waals surface area contributed by atoms with Crippen LogP contribution in [0.3, 0.4) is 0 Å². The highest BCUT2D eigenvalue weighted by molar-refractivity contribution is 5.70. The molecule has 3 heteroatoms. The van der Waals surface area contributed by atoms with Gasteiger partial charge >= 0.3 is 5.97 Å². The summed E-state index contributed by atoms with van der Waals surface area (Å²) in [5.41, 5.74) is 0. The molecule has 0 aliphatic carbocycles. The van der Waals surface area contributed by atoms with Gasteiger partial charge in [-0.15, -0.1) is 0 Å². The van der Waals surface area contributed by atoms with E-state index in [0.29, 0.717) is 19.1 Å². The summed E-state index contributed by atoms with van der Waals surface area (Å²) in [5, 5.41) is 0. The molecule has 14 heavy (non-hydrogen) atoms. The number of hydrogen-bond acceptors (Lipinski definition) is 3. The van der Waals surface area contributed by atoms with Crippen molar-refractivity contribution in [1.82, 2.24) is 4.90 Å². The zero-order chi connectivity index (χ0) is 10.4. The molecular weight excluding hydrogens is 178 g/mol. The molecule has 1 atom stereocenters. The number of carbonyl (C=O) groups excluding carboxylic acids is 1. The quantitative estimate of drug-likeness (QED) is 0.647. The lowest BCUT2D eigenvalue weighted by Crippen LogP contribution is -2.40. The van der Waals surface area contributed by atoms with E-state index >= 15 is 0 Å². The Kier molecular flexibility index (Phi) is 4.94. The van der Waals surface area contributed by atoms with Crippen LogP contribution in [-0.2, 0) is 9.53 Å². The molecule has 1 heterocycles. The smallest absolute Gasteiger partial charge is 0.307 e. The monoisotopic (exact) mass is 199 g/mol. The van der Waals surface area contributed by atoms with Crippen molar-refractivity contribution < 1.29 is 9.53 Å². The number of nitrogens with zero attached hydrogens (tertiary/aromatic N) is 1. The standard InChI is InChI=1S/C11H21NO2/c1-3-12-8-6-5-7-10(12)9-11(13)14-4-2/h10H,3-9H2,1-2H3. The molecule has 0 saturated carbocycles. The summed E-state index contributed by atoms with van der Waals surface area (Å²) < 4.78 is 4.97. The Morgan fingerprint density at radius 2 is 2.21 bits per heavy atom. The summed E-state index contributed by atoms with van der Waals surface area (Å²) in [4.78, 5) is 13.7. The van der Waals surface area contributed by atoms with Gasteiger partial charge in [0.05, 0.1) is 13.0 Å². The Bertz CT molecular complexity index is 182. The predicted molar refractivity (Wildman–Crippen MR) is 56.1 cm³/mol. The summed E-state index contributed by atoms with van der Waals surface area (Å²) in [6, 6.07) is 0.424. The molecule has 1 saturated heterocycles. The van der Waals surface area contributed by atoms with Gasteiger partial charge in [0.2, 0.25) is 0 Å². The molecular formula is C11H21NO2. The molecule has 0 radical (unpaired) electrons. The second-order valence-electron chi connectivity index (χ2n) is 3.79. The van der Waals surface area contributed by atoms with Crippen LogP contribution in [0.1, 0.15) is 39.5 Å². The molecule has 1 aliphatic rings. The number of rotatable bonds is 4. The van der Waals surface area contributed by atoms with E-state index in [2.05, 4.69) is 11.8 Å². The van der Waals surface area contributed by atoms with Gasteiger partial charge in [0, 0.05) is 6.04 Å². The van der Waals surface area contributed by atoms with Crippen LogP contribution in [0.4, 0.5) is 0 Å². The average molecular weight is 199 g/mol. The summed E-state index contributed by atoms with van der Waals surface area (Å²) in [7, 11) is 0. The second-order valence-corrected chi connectivity index (χ2v) is 3.79. The third kappa shape index (κ3) is 3.29. The van der Waals surface area contributed by atoms with Gasteiger partial charge in [-0.25, -0.2) is 0 Å². The van der Waals surface area contributed by atoms with Crippen LogP contribution < -0.4 is 0 Å². The molecule has 0 bridgehead atoms. The van der Waals surface area contributed by atoms with Crippen LogP contribution >= 0.6 is 0 Å². The average Bonchev–Trinajstić information content (AvgIpc) is 2.19. The second kappa shape index (κ2) is 6.02. The molecule has 0 aromatic carbocycles. The molecule has 82 valence electrons. The molecule has 0 aromatic heterocycles. The van der Waals surface area contributed by atoms with Crippen LogP contribution in [0.5, 0.6) is 0 Å². The summed E-state index contributed by atoms with van der Waals surface area (Å²) >= 11 is 0. The Labute approximate surface area is 86.4 Å². The van der Waals surface area contributed by atoms with Crippen LogP contribution in [0.25, 0.3) is 0 Å². The van der Waals surface area contributed by atoms with Crippen LogP contribution in [0.2, 0.25) is 0 Å². The first-order valence-electron chi connectivity index (χ1n) is 5.67. The lowest BCUT2D eigenvalue weighted by molar-refractivity contribution is -0.144. The van der Waals surface area contributed by atoms with E-state index in [1.54, 1.807) is 0 Å². The topological polar surface area (TPSA) is 29.5 Å². The number of carbonyl (C=O) groups is 1. The van der Waals surface area contributed by atoms with Gasteiger partial charge in [-0.3, -0.25) is 4.79 Å². The number of piperidine rings is 1. The largest absolute Gasteiger partial charge is 0.466 e.